The normalized spacial score (nSPS) is 16.6. The van der Waals surface area contributed by atoms with Gasteiger partial charge >= 0.3 is 11.9 Å². The van der Waals surface area contributed by atoms with E-state index in [-0.39, 0.29) is 12.5 Å². The maximum Gasteiger partial charge on any atom is 0.358 e. The number of nitrogens with zero attached hydrogens (tertiary/aromatic N) is 1. The summed E-state index contributed by atoms with van der Waals surface area (Å²) in [6, 6.07) is 0. The summed E-state index contributed by atoms with van der Waals surface area (Å²) in [4.78, 5) is 26.5. The van der Waals surface area contributed by atoms with E-state index >= 15 is 0 Å². The van der Waals surface area contributed by atoms with Gasteiger partial charge in [0.25, 0.3) is 0 Å². The van der Waals surface area contributed by atoms with Crippen LogP contribution in [-0.4, -0.2) is 24.4 Å². The molecule has 0 unspecified atom stereocenters. The lowest BCUT2D eigenvalue weighted by molar-refractivity contribution is -0.140. The lowest BCUT2D eigenvalue weighted by Gasteiger charge is -2.23. The lowest BCUT2D eigenvalue weighted by atomic mass is 9.85. The largest absolute Gasteiger partial charge is 0.463 e. The van der Waals surface area contributed by atoms with Crippen molar-refractivity contribution in [2.45, 2.75) is 26.2 Å². The Balaban J connectivity index is 2.31. The molecule has 1 rings (SSSR count). The second-order valence-electron chi connectivity index (χ2n) is 3.64. The van der Waals surface area contributed by atoms with Gasteiger partial charge in [0, 0.05) is 18.1 Å². The van der Waals surface area contributed by atoms with Crippen molar-refractivity contribution in [3.8, 4) is 0 Å². The molecule has 94 valence electrons. The molecular formula is C11H16N2O4. The first-order valence-electron chi connectivity index (χ1n) is 5.52. The van der Waals surface area contributed by atoms with Crippen LogP contribution >= 0.6 is 0 Å². The fourth-order valence-corrected chi connectivity index (χ4v) is 1.23. The van der Waals surface area contributed by atoms with E-state index in [9.17, 15) is 9.59 Å². The summed E-state index contributed by atoms with van der Waals surface area (Å²) in [5.41, 5.74) is 5.59. The summed E-state index contributed by atoms with van der Waals surface area (Å²) in [7, 11) is 0. The molecule has 1 fully saturated rings. The van der Waals surface area contributed by atoms with Crippen molar-refractivity contribution in [1.82, 2.24) is 0 Å². The quantitative estimate of drug-likeness (QED) is 0.191. The van der Waals surface area contributed by atoms with Gasteiger partial charge in [-0.15, -0.1) is 0 Å². The van der Waals surface area contributed by atoms with Crippen LogP contribution in [0, 0.1) is 5.92 Å². The minimum Gasteiger partial charge on any atom is -0.463 e. The van der Waals surface area contributed by atoms with Crippen LogP contribution in [0.3, 0.4) is 0 Å². The molecule has 0 aliphatic heterocycles. The van der Waals surface area contributed by atoms with Gasteiger partial charge < -0.3 is 15.3 Å². The summed E-state index contributed by atoms with van der Waals surface area (Å²) in [6.07, 6.45) is 5.02. The van der Waals surface area contributed by atoms with Gasteiger partial charge in [0.1, 0.15) is 5.84 Å². The Morgan fingerprint density at radius 2 is 2.00 bits per heavy atom. The lowest BCUT2D eigenvalue weighted by Crippen LogP contribution is -2.29. The van der Waals surface area contributed by atoms with Gasteiger partial charge in [0.05, 0.1) is 6.61 Å². The average molecular weight is 240 g/mol. The van der Waals surface area contributed by atoms with Gasteiger partial charge in [0.15, 0.2) is 0 Å². The highest BCUT2D eigenvalue weighted by Gasteiger charge is 2.21. The molecule has 1 aliphatic carbocycles. The average Bonchev–Trinajstić information content (AvgIpc) is 2.21. The summed E-state index contributed by atoms with van der Waals surface area (Å²) >= 11 is 0. The number of esters is 1. The van der Waals surface area contributed by atoms with Gasteiger partial charge in [-0.1, -0.05) is 11.6 Å². The first-order chi connectivity index (χ1) is 8.13. The third-order valence-corrected chi connectivity index (χ3v) is 2.41. The molecule has 6 heteroatoms. The Morgan fingerprint density at radius 1 is 1.35 bits per heavy atom. The van der Waals surface area contributed by atoms with Crippen LogP contribution in [0.5, 0.6) is 0 Å². The van der Waals surface area contributed by atoms with E-state index in [2.05, 4.69) is 14.7 Å². The molecule has 6 nitrogen and oxygen atoms in total. The maximum atomic E-state index is 11.1. The second-order valence-corrected chi connectivity index (χ2v) is 3.64. The van der Waals surface area contributed by atoms with Crippen LogP contribution in [0.2, 0.25) is 0 Å². The molecule has 0 amide bonds. The van der Waals surface area contributed by atoms with E-state index in [1.165, 1.54) is 0 Å². The number of rotatable bonds is 5. The number of carbonyl (C=O) groups excluding carboxylic acids is 2. The molecule has 0 atom stereocenters. The SMILES string of the molecule is CCOC(=O)/C=C/C(=O)O/N=C(\N)C1CCC1. The molecule has 17 heavy (non-hydrogen) atoms. The van der Waals surface area contributed by atoms with Crippen molar-refractivity contribution in [2.75, 3.05) is 6.61 Å². The number of ether oxygens (including phenoxy) is 1. The zero-order chi connectivity index (χ0) is 12.7. The third kappa shape index (κ3) is 4.67. The summed E-state index contributed by atoms with van der Waals surface area (Å²) in [6.45, 7) is 1.93. The fraction of sp³-hybridized carbons (Fsp3) is 0.545. The number of hydrogen-bond donors (Lipinski definition) is 1. The molecule has 0 aromatic carbocycles. The fourth-order valence-electron chi connectivity index (χ4n) is 1.23. The van der Waals surface area contributed by atoms with Crippen LogP contribution in [0.15, 0.2) is 17.3 Å². The van der Waals surface area contributed by atoms with E-state index in [1.54, 1.807) is 6.92 Å². The first-order valence-corrected chi connectivity index (χ1v) is 5.52. The highest BCUT2D eigenvalue weighted by molar-refractivity contribution is 5.92. The van der Waals surface area contributed by atoms with Crippen molar-refractivity contribution in [3.63, 3.8) is 0 Å². The standard InChI is InChI=1S/C11H16N2O4/c1-2-16-9(14)6-7-10(15)17-13-11(12)8-4-3-5-8/h6-8H,2-5H2,1H3,(H2,12,13)/b7-6+. The summed E-state index contributed by atoms with van der Waals surface area (Å²) < 4.78 is 4.59. The number of hydrogen-bond acceptors (Lipinski definition) is 5. The molecule has 1 saturated carbocycles. The zero-order valence-electron chi connectivity index (χ0n) is 9.72. The Hall–Kier alpha value is -1.85. The Labute approximate surface area is 99.4 Å². The molecule has 0 spiro atoms. The number of oxime groups is 1. The van der Waals surface area contributed by atoms with E-state index in [0.717, 1.165) is 31.4 Å². The highest BCUT2D eigenvalue weighted by atomic mass is 16.7. The third-order valence-electron chi connectivity index (χ3n) is 2.41. The molecular weight excluding hydrogens is 224 g/mol. The number of amidine groups is 1. The highest BCUT2D eigenvalue weighted by Crippen LogP contribution is 2.26. The van der Waals surface area contributed by atoms with Crippen molar-refractivity contribution < 1.29 is 19.2 Å². The molecule has 0 aromatic rings. The van der Waals surface area contributed by atoms with Gasteiger partial charge in [0.2, 0.25) is 0 Å². The summed E-state index contributed by atoms with van der Waals surface area (Å²) in [5, 5.41) is 3.51. The molecule has 0 heterocycles. The topological polar surface area (TPSA) is 91.0 Å². The zero-order valence-corrected chi connectivity index (χ0v) is 9.72. The minimum atomic E-state index is -0.750. The molecule has 2 N–H and O–H groups in total. The van der Waals surface area contributed by atoms with Crippen molar-refractivity contribution >= 4 is 17.8 Å². The van der Waals surface area contributed by atoms with Crippen molar-refractivity contribution in [1.29, 1.82) is 0 Å². The van der Waals surface area contributed by atoms with Crippen LogP contribution < -0.4 is 5.73 Å². The Kier molecular flexibility index (Phi) is 5.19. The number of nitrogens with two attached hydrogens (primary N) is 1. The predicted octanol–water partition coefficient (Wildman–Crippen LogP) is 0.721. The van der Waals surface area contributed by atoms with Crippen molar-refractivity contribution in [2.24, 2.45) is 16.8 Å². The van der Waals surface area contributed by atoms with E-state index in [4.69, 9.17) is 5.73 Å². The Bertz CT molecular complexity index is 345. The molecule has 0 bridgehead atoms. The predicted molar refractivity (Wildman–Crippen MR) is 60.8 cm³/mol. The molecule has 1 aliphatic rings. The monoisotopic (exact) mass is 240 g/mol. The first kappa shape index (κ1) is 13.2. The Morgan fingerprint density at radius 3 is 2.53 bits per heavy atom. The number of carbonyl (C=O) groups is 2. The molecule has 0 saturated heterocycles. The van der Waals surface area contributed by atoms with E-state index in [1.807, 2.05) is 0 Å². The van der Waals surface area contributed by atoms with Crippen LogP contribution in [-0.2, 0) is 19.2 Å². The molecule has 0 radical (unpaired) electrons. The van der Waals surface area contributed by atoms with Gasteiger partial charge in [-0.05, 0) is 19.8 Å². The second kappa shape index (κ2) is 6.67. The van der Waals surface area contributed by atoms with Crippen LogP contribution in [0.4, 0.5) is 0 Å². The smallest absolute Gasteiger partial charge is 0.358 e. The maximum absolute atomic E-state index is 11.1. The van der Waals surface area contributed by atoms with E-state index < -0.39 is 11.9 Å². The van der Waals surface area contributed by atoms with Gasteiger partial charge in [-0.25, -0.2) is 9.59 Å². The van der Waals surface area contributed by atoms with Crippen LogP contribution in [0.1, 0.15) is 26.2 Å². The van der Waals surface area contributed by atoms with Crippen LogP contribution in [0.25, 0.3) is 0 Å². The molecule has 0 aromatic heterocycles. The van der Waals surface area contributed by atoms with Gasteiger partial charge in [-0.2, -0.15) is 0 Å². The minimum absolute atomic E-state index is 0.219. The van der Waals surface area contributed by atoms with Gasteiger partial charge in [-0.3, -0.25) is 0 Å². The summed E-state index contributed by atoms with van der Waals surface area (Å²) in [5.74, 6) is -0.799. The van der Waals surface area contributed by atoms with E-state index in [0.29, 0.717) is 5.84 Å². The van der Waals surface area contributed by atoms with Crippen molar-refractivity contribution in [3.05, 3.63) is 12.2 Å².